The van der Waals surface area contributed by atoms with E-state index in [1.54, 1.807) is 6.20 Å². The third-order valence-corrected chi connectivity index (χ3v) is 6.27. The van der Waals surface area contributed by atoms with Crippen LogP contribution in [0.3, 0.4) is 0 Å². The van der Waals surface area contributed by atoms with Crippen molar-refractivity contribution >= 4 is 28.6 Å². The molecular formula is C28H27N5O5. The van der Waals surface area contributed by atoms with Crippen LogP contribution in [0.4, 0.5) is 0 Å². The van der Waals surface area contributed by atoms with E-state index in [1.807, 2.05) is 68.6 Å². The first-order valence-electron chi connectivity index (χ1n) is 11.9. The number of aromatic nitrogens is 3. The standard InChI is InChI=1S/C28H27N5O5/c1-16(27(37)38)13-31-26(36)23-30-15-22(24(34)32-23)25(35)33-28(2,3)19-9-7-17(8-10-19)20-6-4-5-18-14-29-12-11-21(18)20/h4-12,14-16H,13H2,1-3H3,(H,31,36)(H,33,35)(H,37,38)(H,30,32,34)/t16-/m1/s1. The first-order chi connectivity index (χ1) is 18.1. The van der Waals surface area contributed by atoms with Crippen LogP contribution in [0.25, 0.3) is 21.9 Å². The van der Waals surface area contributed by atoms with E-state index in [0.29, 0.717) is 0 Å². The number of hydrogen-bond acceptors (Lipinski definition) is 6. The second-order valence-electron chi connectivity index (χ2n) is 9.48. The maximum absolute atomic E-state index is 12.9. The lowest BCUT2D eigenvalue weighted by molar-refractivity contribution is -0.140. The highest BCUT2D eigenvalue weighted by Gasteiger charge is 2.26. The molecule has 4 rings (SSSR count). The molecule has 38 heavy (non-hydrogen) atoms. The lowest BCUT2D eigenvalue weighted by Gasteiger charge is -2.27. The molecule has 0 aliphatic carbocycles. The number of carboxylic acid groups (broad SMARTS) is 1. The molecule has 194 valence electrons. The minimum atomic E-state index is -1.07. The van der Waals surface area contributed by atoms with Crippen molar-refractivity contribution in [3.05, 3.63) is 94.4 Å². The SMILES string of the molecule is C[C@H](CNC(=O)c1ncc(C(=O)NC(C)(C)c2ccc(-c3cccc4cnccc34)cc2)c(=O)[nH]1)C(=O)O. The van der Waals surface area contributed by atoms with Crippen molar-refractivity contribution in [2.24, 2.45) is 5.92 Å². The Morgan fingerprint density at radius 3 is 2.45 bits per heavy atom. The van der Waals surface area contributed by atoms with E-state index in [2.05, 4.69) is 25.6 Å². The molecule has 0 aliphatic rings. The summed E-state index contributed by atoms with van der Waals surface area (Å²) in [7, 11) is 0. The lowest BCUT2D eigenvalue weighted by Crippen LogP contribution is -2.43. The van der Waals surface area contributed by atoms with Crippen LogP contribution < -0.4 is 16.2 Å². The van der Waals surface area contributed by atoms with Gasteiger partial charge in [0, 0.05) is 30.5 Å². The first kappa shape index (κ1) is 26.2. The molecule has 0 unspecified atom stereocenters. The molecule has 0 bridgehead atoms. The summed E-state index contributed by atoms with van der Waals surface area (Å²) in [5.41, 5.74) is 1.04. The Bertz CT molecular complexity index is 1570. The van der Waals surface area contributed by atoms with Crippen LogP contribution in [-0.4, -0.2) is 44.4 Å². The fourth-order valence-corrected chi connectivity index (χ4v) is 3.95. The van der Waals surface area contributed by atoms with Crippen molar-refractivity contribution in [1.82, 2.24) is 25.6 Å². The summed E-state index contributed by atoms with van der Waals surface area (Å²) >= 11 is 0. The molecule has 0 aliphatic heterocycles. The zero-order chi connectivity index (χ0) is 27.4. The fourth-order valence-electron chi connectivity index (χ4n) is 3.95. The Morgan fingerprint density at radius 1 is 1.03 bits per heavy atom. The van der Waals surface area contributed by atoms with Gasteiger partial charge in [-0.25, -0.2) is 4.98 Å². The third-order valence-electron chi connectivity index (χ3n) is 6.27. The number of carbonyl (C=O) groups excluding carboxylic acids is 2. The maximum atomic E-state index is 12.9. The second kappa shape index (κ2) is 10.6. The molecule has 0 radical (unpaired) electrons. The van der Waals surface area contributed by atoms with Gasteiger partial charge in [0.05, 0.1) is 11.5 Å². The number of carbonyl (C=O) groups is 3. The number of nitrogens with one attached hydrogen (secondary N) is 3. The van der Waals surface area contributed by atoms with Crippen molar-refractivity contribution in [1.29, 1.82) is 0 Å². The van der Waals surface area contributed by atoms with Crippen molar-refractivity contribution in [3.8, 4) is 11.1 Å². The molecule has 1 atom stereocenters. The molecular weight excluding hydrogens is 486 g/mol. The number of carboxylic acids is 1. The average molecular weight is 514 g/mol. The summed E-state index contributed by atoms with van der Waals surface area (Å²) in [6.45, 7) is 4.93. The molecule has 2 heterocycles. The Balaban J connectivity index is 1.48. The van der Waals surface area contributed by atoms with E-state index in [4.69, 9.17) is 5.11 Å². The number of amides is 2. The highest BCUT2D eigenvalue weighted by molar-refractivity contribution is 5.97. The topological polar surface area (TPSA) is 154 Å². The van der Waals surface area contributed by atoms with E-state index >= 15 is 0 Å². The number of aromatic amines is 1. The van der Waals surface area contributed by atoms with E-state index in [0.717, 1.165) is 33.7 Å². The number of rotatable bonds is 8. The highest BCUT2D eigenvalue weighted by Crippen LogP contribution is 2.30. The van der Waals surface area contributed by atoms with Crippen molar-refractivity contribution < 1.29 is 19.5 Å². The summed E-state index contributed by atoms with van der Waals surface area (Å²) in [5.74, 6) is -3.59. The number of hydrogen-bond donors (Lipinski definition) is 4. The Morgan fingerprint density at radius 2 is 1.76 bits per heavy atom. The van der Waals surface area contributed by atoms with Crippen LogP contribution in [0.5, 0.6) is 0 Å². The summed E-state index contributed by atoms with van der Waals surface area (Å²) < 4.78 is 0. The quantitative estimate of drug-likeness (QED) is 0.282. The predicted molar refractivity (Wildman–Crippen MR) is 142 cm³/mol. The van der Waals surface area contributed by atoms with Crippen LogP contribution in [0.2, 0.25) is 0 Å². The normalized spacial score (nSPS) is 12.1. The third kappa shape index (κ3) is 5.59. The monoisotopic (exact) mass is 513 g/mol. The van der Waals surface area contributed by atoms with Crippen LogP contribution in [0.15, 0.2) is 71.9 Å². The maximum Gasteiger partial charge on any atom is 0.308 e. The van der Waals surface area contributed by atoms with Gasteiger partial charge in [0.1, 0.15) is 5.56 Å². The zero-order valence-electron chi connectivity index (χ0n) is 21.1. The van der Waals surface area contributed by atoms with Crippen molar-refractivity contribution in [2.75, 3.05) is 6.54 Å². The molecule has 0 saturated carbocycles. The van der Waals surface area contributed by atoms with Gasteiger partial charge in [-0.3, -0.25) is 24.2 Å². The van der Waals surface area contributed by atoms with Gasteiger partial charge in [0.15, 0.2) is 5.82 Å². The number of fused-ring (bicyclic) bond motifs is 1. The van der Waals surface area contributed by atoms with Gasteiger partial charge in [-0.1, -0.05) is 49.4 Å². The van der Waals surface area contributed by atoms with E-state index in [-0.39, 0.29) is 17.9 Å². The van der Waals surface area contributed by atoms with Gasteiger partial charge in [0.2, 0.25) is 0 Å². The predicted octanol–water partition coefficient (Wildman–Crippen LogP) is 3.10. The molecule has 0 saturated heterocycles. The minimum Gasteiger partial charge on any atom is -0.481 e. The van der Waals surface area contributed by atoms with Crippen LogP contribution in [0, 0.1) is 5.92 Å². The van der Waals surface area contributed by atoms with Crippen LogP contribution in [0.1, 0.15) is 47.3 Å². The fraction of sp³-hybridized carbons (Fsp3) is 0.214. The molecule has 2 aromatic carbocycles. The van der Waals surface area contributed by atoms with E-state index in [1.165, 1.54) is 6.92 Å². The summed E-state index contributed by atoms with van der Waals surface area (Å²) in [4.78, 5) is 58.9. The van der Waals surface area contributed by atoms with Crippen molar-refractivity contribution in [2.45, 2.75) is 26.3 Å². The van der Waals surface area contributed by atoms with Crippen LogP contribution >= 0.6 is 0 Å². The number of aliphatic carboxylic acids is 1. The number of pyridine rings is 1. The molecule has 10 heteroatoms. The Kier molecular flexibility index (Phi) is 7.33. The number of benzene rings is 2. The molecule has 0 fully saturated rings. The van der Waals surface area contributed by atoms with Gasteiger partial charge < -0.3 is 20.7 Å². The van der Waals surface area contributed by atoms with Gasteiger partial charge in [-0.15, -0.1) is 0 Å². The zero-order valence-corrected chi connectivity index (χ0v) is 21.1. The lowest BCUT2D eigenvalue weighted by atomic mass is 9.91. The highest BCUT2D eigenvalue weighted by atomic mass is 16.4. The summed E-state index contributed by atoms with van der Waals surface area (Å²) in [6.07, 6.45) is 4.61. The van der Waals surface area contributed by atoms with Gasteiger partial charge in [-0.05, 0) is 42.0 Å². The minimum absolute atomic E-state index is 0.134. The van der Waals surface area contributed by atoms with Gasteiger partial charge >= 0.3 is 5.97 Å². The Labute approximate surface area is 218 Å². The molecule has 10 nitrogen and oxygen atoms in total. The van der Waals surface area contributed by atoms with Gasteiger partial charge in [-0.2, -0.15) is 0 Å². The summed E-state index contributed by atoms with van der Waals surface area (Å²) in [6, 6.07) is 15.8. The largest absolute Gasteiger partial charge is 0.481 e. The number of H-pyrrole nitrogens is 1. The molecule has 2 aromatic heterocycles. The van der Waals surface area contributed by atoms with E-state index < -0.39 is 34.8 Å². The molecule has 0 spiro atoms. The van der Waals surface area contributed by atoms with Gasteiger partial charge in [0.25, 0.3) is 17.4 Å². The molecule has 2 amide bonds. The second-order valence-corrected chi connectivity index (χ2v) is 9.48. The van der Waals surface area contributed by atoms with E-state index in [9.17, 15) is 19.2 Å². The summed E-state index contributed by atoms with van der Waals surface area (Å²) in [5, 5.41) is 16.3. The Hall–Kier alpha value is -4.86. The first-order valence-corrected chi connectivity index (χ1v) is 11.9. The molecule has 4 aromatic rings. The van der Waals surface area contributed by atoms with Crippen LogP contribution in [-0.2, 0) is 10.3 Å². The molecule has 4 N–H and O–H groups in total. The van der Waals surface area contributed by atoms with Crippen molar-refractivity contribution in [3.63, 3.8) is 0 Å². The number of nitrogens with zero attached hydrogens (tertiary/aromatic N) is 2. The average Bonchev–Trinajstić information content (AvgIpc) is 2.90. The smallest absolute Gasteiger partial charge is 0.308 e.